The van der Waals surface area contributed by atoms with E-state index in [-0.39, 0.29) is 13.0 Å². The molecular formula is C13H17ClO5S. The summed E-state index contributed by atoms with van der Waals surface area (Å²) >= 11 is 5.76. The minimum absolute atomic E-state index is 0.0468. The molecule has 1 aromatic carbocycles. The molecule has 0 amide bonds. The van der Waals surface area contributed by atoms with Gasteiger partial charge in [0.2, 0.25) is 0 Å². The van der Waals surface area contributed by atoms with Crippen LogP contribution < -0.4 is 0 Å². The Kier molecular flexibility index (Phi) is 6.45. The van der Waals surface area contributed by atoms with Crippen molar-refractivity contribution in [2.75, 3.05) is 19.5 Å². The number of ether oxygens (including phenoxy) is 1. The largest absolute Gasteiger partial charge is 0.480 e. The number of carboxylic acid groups (broad SMARTS) is 1. The van der Waals surface area contributed by atoms with Gasteiger partial charge in [-0.15, -0.1) is 0 Å². The first-order valence-electron chi connectivity index (χ1n) is 6.04. The van der Waals surface area contributed by atoms with Gasteiger partial charge in [0.25, 0.3) is 0 Å². The van der Waals surface area contributed by atoms with Crippen molar-refractivity contribution in [3.8, 4) is 0 Å². The zero-order chi connectivity index (χ0) is 15.2. The molecular weight excluding hydrogens is 304 g/mol. The van der Waals surface area contributed by atoms with Gasteiger partial charge in [-0.25, -0.2) is 8.42 Å². The standard InChI is InChI=1S/C13H17ClO5S/c1-20(17,18)12(13(15)16)7-9-19-8-6-10-2-4-11(14)5-3-10/h2-5,12H,6-9H2,1H3,(H,15,16). The highest BCUT2D eigenvalue weighted by atomic mass is 35.5. The maximum Gasteiger partial charge on any atom is 0.321 e. The van der Waals surface area contributed by atoms with E-state index in [1.54, 1.807) is 12.1 Å². The van der Waals surface area contributed by atoms with Crippen LogP contribution in [0.5, 0.6) is 0 Å². The molecule has 0 bridgehead atoms. The van der Waals surface area contributed by atoms with E-state index in [4.69, 9.17) is 21.4 Å². The molecule has 5 nitrogen and oxygen atoms in total. The number of benzene rings is 1. The molecule has 112 valence electrons. The predicted molar refractivity (Wildman–Crippen MR) is 76.9 cm³/mol. The average molecular weight is 321 g/mol. The highest BCUT2D eigenvalue weighted by Gasteiger charge is 2.27. The molecule has 7 heteroatoms. The first kappa shape index (κ1) is 16.9. The lowest BCUT2D eigenvalue weighted by atomic mass is 10.2. The van der Waals surface area contributed by atoms with Crippen LogP contribution in [0.25, 0.3) is 0 Å². The Labute approximate surface area is 123 Å². The van der Waals surface area contributed by atoms with E-state index in [2.05, 4.69) is 0 Å². The van der Waals surface area contributed by atoms with E-state index in [0.717, 1.165) is 11.8 Å². The van der Waals surface area contributed by atoms with E-state index >= 15 is 0 Å². The highest BCUT2D eigenvalue weighted by molar-refractivity contribution is 7.92. The number of rotatable bonds is 8. The van der Waals surface area contributed by atoms with Crippen LogP contribution in [-0.4, -0.2) is 44.2 Å². The molecule has 0 aliphatic carbocycles. The Morgan fingerprint density at radius 2 is 1.90 bits per heavy atom. The third-order valence-electron chi connectivity index (χ3n) is 2.76. The maximum atomic E-state index is 11.2. The molecule has 0 aromatic heterocycles. The van der Waals surface area contributed by atoms with Crippen LogP contribution in [0, 0.1) is 0 Å². The summed E-state index contributed by atoms with van der Waals surface area (Å²) in [4.78, 5) is 10.8. The van der Waals surface area contributed by atoms with Crippen LogP contribution in [0.3, 0.4) is 0 Å². The summed E-state index contributed by atoms with van der Waals surface area (Å²) in [5.41, 5.74) is 1.05. The van der Waals surface area contributed by atoms with Crippen molar-refractivity contribution in [2.24, 2.45) is 0 Å². The van der Waals surface area contributed by atoms with Crippen molar-refractivity contribution in [2.45, 2.75) is 18.1 Å². The smallest absolute Gasteiger partial charge is 0.321 e. The van der Waals surface area contributed by atoms with E-state index in [9.17, 15) is 13.2 Å². The molecule has 0 heterocycles. The second kappa shape index (κ2) is 7.61. The molecule has 0 saturated carbocycles. The predicted octanol–water partition coefficient (Wildman–Crippen LogP) is 1.79. The minimum Gasteiger partial charge on any atom is -0.480 e. The van der Waals surface area contributed by atoms with E-state index in [0.29, 0.717) is 18.1 Å². The minimum atomic E-state index is -3.60. The third-order valence-corrected chi connectivity index (χ3v) is 4.49. The van der Waals surface area contributed by atoms with Gasteiger partial charge in [-0.1, -0.05) is 23.7 Å². The van der Waals surface area contributed by atoms with Gasteiger partial charge in [0.05, 0.1) is 6.61 Å². The van der Waals surface area contributed by atoms with Crippen LogP contribution in [0.2, 0.25) is 5.02 Å². The summed E-state index contributed by atoms with van der Waals surface area (Å²) in [6.07, 6.45) is 1.53. The Balaban J connectivity index is 2.31. The summed E-state index contributed by atoms with van der Waals surface area (Å²) < 4.78 is 27.8. The molecule has 1 N–H and O–H groups in total. The zero-order valence-electron chi connectivity index (χ0n) is 11.1. The molecule has 0 radical (unpaired) electrons. The Bertz CT molecular complexity index is 538. The summed E-state index contributed by atoms with van der Waals surface area (Å²) in [7, 11) is -3.60. The molecule has 0 spiro atoms. The number of carboxylic acids is 1. The fraction of sp³-hybridized carbons (Fsp3) is 0.462. The van der Waals surface area contributed by atoms with Gasteiger partial charge in [0.15, 0.2) is 15.1 Å². The van der Waals surface area contributed by atoms with Gasteiger partial charge >= 0.3 is 5.97 Å². The van der Waals surface area contributed by atoms with Crippen molar-refractivity contribution < 1.29 is 23.1 Å². The number of aliphatic carboxylic acids is 1. The Morgan fingerprint density at radius 1 is 1.30 bits per heavy atom. The maximum absolute atomic E-state index is 11.2. The van der Waals surface area contributed by atoms with Crippen molar-refractivity contribution in [1.29, 1.82) is 0 Å². The molecule has 1 rings (SSSR count). The summed E-state index contributed by atoms with van der Waals surface area (Å²) in [6, 6.07) is 7.31. The molecule has 0 aliphatic rings. The van der Waals surface area contributed by atoms with Crippen molar-refractivity contribution in [1.82, 2.24) is 0 Å². The van der Waals surface area contributed by atoms with Gasteiger partial charge in [0, 0.05) is 17.9 Å². The Hall–Kier alpha value is -1.11. The quantitative estimate of drug-likeness (QED) is 0.739. The summed E-state index contributed by atoms with van der Waals surface area (Å²) in [5.74, 6) is -1.34. The second-order valence-corrected chi connectivity index (χ2v) is 7.10. The van der Waals surface area contributed by atoms with E-state index in [1.807, 2.05) is 12.1 Å². The van der Waals surface area contributed by atoms with Gasteiger partial charge < -0.3 is 9.84 Å². The second-order valence-electron chi connectivity index (χ2n) is 4.43. The molecule has 0 saturated heterocycles. The van der Waals surface area contributed by atoms with Crippen LogP contribution in [-0.2, 0) is 25.8 Å². The molecule has 0 aliphatic heterocycles. The van der Waals surface area contributed by atoms with Gasteiger partial charge in [-0.3, -0.25) is 4.79 Å². The number of carbonyl (C=O) groups is 1. The number of sulfone groups is 1. The van der Waals surface area contributed by atoms with Gasteiger partial charge in [-0.05, 0) is 30.5 Å². The van der Waals surface area contributed by atoms with Crippen LogP contribution >= 0.6 is 11.6 Å². The van der Waals surface area contributed by atoms with Crippen molar-refractivity contribution in [3.05, 3.63) is 34.9 Å². The fourth-order valence-corrected chi connectivity index (χ4v) is 2.67. The average Bonchev–Trinajstić information content (AvgIpc) is 2.33. The summed E-state index contributed by atoms with van der Waals surface area (Å²) in [6.45, 7) is 0.495. The van der Waals surface area contributed by atoms with Gasteiger partial charge in [-0.2, -0.15) is 0 Å². The lowest BCUT2D eigenvalue weighted by Gasteiger charge is -2.10. The third kappa shape index (κ3) is 5.90. The lowest BCUT2D eigenvalue weighted by molar-refractivity contribution is -0.136. The first-order valence-corrected chi connectivity index (χ1v) is 8.38. The Morgan fingerprint density at radius 3 is 2.40 bits per heavy atom. The number of halogens is 1. The normalized spacial score (nSPS) is 13.1. The van der Waals surface area contributed by atoms with Crippen LogP contribution in [0.4, 0.5) is 0 Å². The fourth-order valence-electron chi connectivity index (χ4n) is 1.65. The topological polar surface area (TPSA) is 80.7 Å². The molecule has 0 fully saturated rings. The molecule has 20 heavy (non-hydrogen) atoms. The van der Waals surface area contributed by atoms with Crippen molar-refractivity contribution >= 4 is 27.4 Å². The first-order chi connectivity index (χ1) is 9.30. The van der Waals surface area contributed by atoms with E-state index < -0.39 is 21.1 Å². The van der Waals surface area contributed by atoms with Crippen LogP contribution in [0.15, 0.2) is 24.3 Å². The monoisotopic (exact) mass is 320 g/mol. The van der Waals surface area contributed by atoms with E-state index in [1.165, 1.54) is 0 Å². The molecule has 1 atom stereocenters. The summed E-state index contributed by atoms with van der Waals surface area (Å²) in [5, 5.41) is 8.08. The highest BCUT2D eigenvalue weighted by Crippen LogP contribution is 2.10. The van der Waals surface area contributed by atoms with Crippen molar-refractivity contribution in [3.63, 3.8) is 0 Å². The number of hydrogen-bond acceptors (Lipinski definition) is 4. The zero-order valence-corrected chi connectivity index (χ0v) is 12.7. The number of hydrogen-bond donors (Lipinski definition) is 1. The van der Waals surface area contributed by atoms with Gasteiger partial charge in [0.1, 0.15) is 0 Å². The van der Waals surface area contributed by atoms with Crippen LogP contribution in [0.1, 0.15) is 12.0 Å². The molecule has 1 aromatic rings. The lowest BCUT2D eigenvalue weighted by Crippen LogP contribution is -2.30. The molecule has 1 unspecified atom stereocenters. The SMILES string of the molecule is CS(=O)(=O)C(CCOCCc1ccc(Cl)cc1)C(=O)O.